The van der Waals surface area contributed by atoms with Gasteiger partial charge in [0.15, 0.2) is 0 Å². The molecule has 11 heteroatoms. The maximum absolute atomic E-state index is 12.9. The normalized spacial score (nSPS) is 15.3. The van der Waals surface area contributed by atoms with Gasteiger partial charge in [-0.15, -0.1) is 0 Å². The van der Waals surface area contributed by atoms with E-state index in [4.69, 9.17) is 9.94 Å². The van der Waals surface area contributed by atoms with Crippen LogP contribution in [-0.4, -0.2) is 44.1 Å². The van der Waals surface area contributed by atoms with Crippen LogP contribution in [0.3, 0.4) is 0 Å². The molecule has 3 rings (SSSR count). The number of aliphatic hydroxyl groups excluding tert-OH is 1. The Morgan fingerprint density at radius 3 is 2.59 bits per heavy atom. The lowest BCUT2D eigenvalue weighted by molar-refractivity contribution is -0.137. The van der Waals surface area contributed by atoms with Crippen molar-refractivity contribution in [2.45, 2.75) is 24.1 Å². The Morgan fingerprint density at radius 1 is 1.12 bits per heavy atom. The Balaban J connectivity index is 1.55. The number of hydroxylamine groups is 1. The lowest BCUT2D eigenvalue weighted by Crippen LogP contribution is -2.36. The number of hydrogen-bond acceptors (Lipinski definition) is 6. The van der Waals surface area contributed by atoms with Crippen molar-refractivity contribution >= 4 is 15.7 Å². The first-order valence-electron chi connectivity index (χ1n) is 9.88. The summed E-state index contributed by atoms with van der Waals surface area (Å²) in [6, 6.07) is 11.2. The van der Waals surface area contributed by atoms with E-state index in [0.717, 1.165) is 12.1 Å². The van der Waals surface area contributed by atoms with Gasteiger partial charge < -0.3 is 10.4 Å². The Labute approximate surface area is 184 Å². The summed E-state index contributed by atoms with van der Waals surface area (Å²) in [4.78, 5) is 5.45. The molecule has 7 nitrogen and oxygen atoms in total. The first-order valence-corrected chi connectivity index (χ1v) is 11.3. The minimum absolute atomic E-state index is 0.0699. The van der Waals surface area contributed by atoms with E-state index in [1.54, 1.807) is 18.2 Å². The van der Waals surface area contributed by atoms with E-state index in [9.17, 15) is 21.6 Å². The van der Waals surface area contributed by atoms with Crippen LogP contribution in [0.4, 0.5) is 18.9 Å². The van der Waals surface area contributed by atoms with Gasteiger partial charge in [-0.05, 0) is 42.0 Å². The predicted molar refractivity (Wildman–Crippen MR) is 113 cm³/mol. The second-order valence-corrected chi connectivity index (χ2v) is 9.05. The second-order valence-electron chi connectivity index (χ2n) is 7.11. The van der Waals surface area contributed by atoms with Gasteiger partial charge in [-0.2, -0.15) is 17.5 Å². The molecule has 0 unspecified atom stereocenters. The van der Waals surface area contributed by atoms with Crippen molar-refractivity contribution in [3.63, 3.8) is 0 Å². The number of aliphatic hydroxyl groups is 1. The molecule has 0 radical (unpaired) electrons. The minimum atomic E-state index is -4.42. The first-order chi connectivity index (χ1) is 15.2. The van der Waals surface area contributed by atoms with Crippen LogP contribution in [0.25, 0.3) is 0 Å². The Hall–Kier alpha value is -2.60. The van der Waals surface area contributed by atoms with Crippen LogP contribution < -0.4 is 10.8 Å². The first kappa shape index (κ1) is 24.1. The van der Waals surface area contributed by atoms with Crippen molar-refractivity contribution < 1.29 is 31.5 Å². The zero-order chi connectivity index (χ0) is 23.2. The number of sulfonamides is 1. The summed E-state index contributed by atoms with van der Waals surface area (Å²) < 4.78 is 65.5. The van der Waals surface area contributed by atoms with Crippen LogP contribution in [0.5, 0.6) is 0 Å². The summed E-state index contributed by atoms with van der Waals surface area (Å²) in [6.45, 7) is 0.524. The highest BCUT2D eigenvalue weighted by Crippen LogP contribution is 2.29. The van der Waals surface area contributed by atoms with E-state index in [0.29, 0.717) is 29.9 Å². The molecule has 2 aromatic carbocycles. The van der Waals surface area contributed by atoms with Gasteiger partial charge in [0.1, 0.15) is 0 Å². The predicted octanol–water partition coefficient (Wildman–Crippen LogP) is 3.11. The van der Waals surface area contributed by atoms with E-state index < -0.39 is 21.8 Å². The molecule has 0 saturated heterocycles. The van der Waals surface area contributed by atoms with E-state index in [-0.39, 0.29) is 31.2 Å². The number of hydrogen-bond donors (Lipinski definition) is 3. The van der Waals surface area contributed by atoms with Gasteiger partial charge >= 0.3 is 6.18 Å². The minimum Gasteiger partial charge on any atom is -0.395 e. The number of halogens is 3. The highest BCUT2D eigenvalue weighted by atomic mass is 32.2. The summed E-state index contributed by atoms with van der Waals surface area (Å²) in [5, 5.41) is 11.8. The molecule has 0 fully saturated rings. The molecule has 0 spiro atoms. The zero-order valence-electron chi connectivity index (χ0n) is 17.1. The average molecular weight is 472 g/mol. The fourth-order valence-electron chi connectivity index (χ4n) is 3.13. The van der Waals surface area contributed by atoms with Gasteiger partial charge in [-0.25, -0.2) is 8.42 Å². The molecule has 3 N–H and O–H groups in total. The van der Waals surface area contributed by atoms with Crippen molar-refractivity contribution in [1.82, 2.24) is 9.79 Å². The van der Waals surface area contributed by atoms with Crippen molar-refractivity contribution in [1.29, 1.82) is 0 Å². The third kappa shape index (κ3) is 6.22. The lowest BCUT2D eigenvalue weighted by Gasteiger charge is -2.26. The lowest BCUT2D eigenvalue weighted by atomic mass is 10.1. The highest BCUT2D eigenvalue weighted by Gasteiger charge is 2.30. The summed E-state index contributed by atoms with van der Waals surface area (Å²) in [5.41, 5.74) is 3.57. The van der Waals surface area contributed by atoms with Gasteiger partial charge in [0, 0.05) is 37.4 Å². The SMILES string of the molecule is O=S(=O)(c1cccc(NCCO)c1)N1CC=C(NOCc2cccc(C(F)(F)F)c2)CC1. The summed E-state index contributed by atoms with van der Waals surface area (Å²) in [5.74, 6) is 0. The molecule has 1 heterocycles. The van der Waals surface area contributed by atoms with Crippen LogP contribution in [0, 0.1) is 0 Å². The van der Waals surface area contributed by atoms with Crippen LogP contribution in [0.15, 0.2) is 65.2 Å². The van der Waals surface area contributed by atoms with E-state index >= 15 is 0 Å². The summed E-state index contributed by atoms with van der Waals surface area (Å²) >= 11 is 0. The Bertz CT molecular complexity index is 1060. The standard InChI is InChI=1S/C21H24F3N3O4S/c22-21(23,24)17-4-1-3-16(13-17)15-31-26-18-7-10-27(11-8-18)32(29,30)20-6-2-5-19(14-20)25-9-12-28/h1-7,13-14,25-26,28H,8-12,15H2. The number of anilines is 1. The summed E-state index contributed by atoms with van der Waals surface area (Å²) in [7, 11) is -3.70. The van der Waals surface area contributed by atoms with Gasteiger partial charge in [0.25, 0.3) is 0 Å². The van der Waals surface area contributed by atoms with Crippen molar-refractivity contribution in [3.05, 3.63) is 71.4 Å². The van der Waals surface area contributed by atoms with Gasteiger partial charge in [-0.1, -0.05) is 18.2 Å². The van der Waals surface area contributed by atoms with Crippen LogP contribution in [0.1, 0.15) is 17.5 Å². The molecular weight excluding hydrogens is 447 g/mol. The smallest absolute Gasteiger partial charge is 0.395 e. The monoisotopic (exact) mass is 471 g/mol. The molecular formula is C21H24F3N3O4S. The van der Waals surface area contributed by atoms with E-state index in [1.807, 2.05) is 0 Å². The second kappa shape index (κ2) is 10.3. The molecule has 0 aromatic heterocycles. The summed E-state index contributed by atoms with van der Waals surface area (Å²) in [6.07, 6.45) is -2.38. The number of nitrogens with zero attached hydrogens (tertiary/aromatic N) is 1. The Kier molecular flexibility index (Phi) is 7.77. The van der Waals surface area contributed by atoms with Crippen molar-refractivity contribution in [2.24, 2.45) is 0 Å². The highest BCUT2D eigenvalue weighted by molar-refractivity contribution is 7.89. The number of nitrogens with one attached hydrogen (secondary N) is 2. The molecule has 0 atom stereocenters. The van der Waals surface area contributed by atoms with Gasteiger partial charge in [-0.3, -0.25) is 10.3 Å². The Morgan fingerprint density at radius 2 is 1.91 bits per heavy atom. The quantitative estimate of drug-likeness (QED) is 0.487. The molecule has 0 aliphatic carbocycles. The van der Waals surface area contributed by atoms with E-state index in [2.05, 4.69) is 10.8 Å². The third-order valence-electron chi connectivity index (χ3n) is 4.78. The largest absolute Gasteiger partial charge is 0.416 e. The zero-order valence-corrected chi connectivity index (χ0v) is 17.9. The fraction of sp³-hybridized carbons (Fsp3) is 0.333. The third-order valence-corrected chi connectivity index (χ3v) is 6.64. The number of rotatable bonds is 9. The number of alkyl halides is 3. The average Bonchev–Trinajstić information content (AvgIpc) is 2.78. The van der Waals surface area contributed by atoms with Crippen LogP contribution in [0.2, 0.25) is 0 Å². The fourth-order valence-corrected chi connectivity index (χ4v) is 4.55. The van der Waals surface area contributed by atoms with E-state index in [1.165, 1.54) is 28.6 Å². The van der Waals surface area contributed by atoms with Crippen LogP contribution in [-0.2, 0) is 27.6 Å². The maximum Gasteiger partial charge on any atom is 0.416 e. The van der Waals surface area contributed by atoms with Gasteiger partial charge in [0.2, 0.25) is 10.0 Å². The number of benzene rings is 2. The molecule has 1 aliphatic heterocycles. The molecule has 2 aromatic rings. The van der Waals surface area contributed by atoms with Crippen molar-refractivity contribution in [2.75, 3.05) is 31.6 Å². The molecule has 1 aliphatic rings. The molecule has 0 saturated carbocycles. The molecule has 32 heavy (non-hydrogen) atoms. The van der Waals surface area contributed by atoms with Gasteiger partial charge in [0.05, 0.1) is 23.7 Å². The van der Waals surface area contributed by atoms with Crippen molar-refractivity contribution in [3.8, 4) is 0 Å². The molecule has 174 valence electrons. The van der Waals surface area contributed by atoms with Crippen LogP contribution >= 0.6 is 0 Å². The molecule has 0 bridgehead atoms. The maximum atomic E-state index is 12.9. The molecule has 0 amide bonds. The topological polar surface area (TPSA) is 90.9 Å².